The van der Waals surface area contributed by atoms with Crippen LogP contribution in [0.2, 0.25) is 0 Å². The Labute approximate surface area is 138 Å². The number of benzene rings is 1. The first kappa shape index (κ1) is 15.2. The number of rotatable bonds is 3. The monoisotopic (exact) mass is 379 g/mol. The number of carbonyl (C=O) groups excluding carboxylic acids is 1. The number of furan rings is 1. The standard InChI is InChI=1S/C14H10BrN3O5/c1-8(19)17-14(9-3-2-4-10(15)7-9)23-13(16-17)11-5-6-12(22-11)18(20)21/h2-7,14H,1H3/t14-/m1/s1. The summed E-state index contributed by atoms with van der Waals surface area (Å²) in [5.41, 5.74) is 0.703. The van der Waals surface area contributed by atoms with E-state index in [-0.39, 0.29) is 17.6 Å². The molecule has 1 aromatic heterocycles. The van der Waals surface area contributed by atoms with Crippen molar-refractivity contribution in [1.29, 1.82) is 0 Å². The molecular weight excluding hydrogens is 370 g/mol. The molecule has 2 aromatic rings. The topological polar surface area (TPSA) is 98.2 Å². The molecule has 23 heavy (non-hydrogen) atoms. The Kier molecular flexibility index (Phi) is 3.87. The van der Waals surface area contributed by atoms with Crippen LogP contribution in [0.1, 0.15) is 24.5 Å². The highest BCUT2D eigenvalue weighted by Gasteiger charge is 2.35. The molecule has 0 unspecified atom stereocenters. The molecule has 0 N–H and O–H groups in total. The molecule has 0 aliphatic carbocycles. The normalized spacial score (nSPS) is 16.9. The molecule has 9 heteroatoms. The molecule has 1 amide bonds. The summed E-state index contributed by atoms with van der Waals surface area (Å²) in [6, 6.07) is 9.80. The summed E-state index contributed by atoms with van der Waals surface area (Å²) < 4.78 is 11.6. The fourth-order valence-electron chi connectivity index (χ4n) is 2.08. The lowest BCUT2D eigenvalue weighted by atomic mass is 10.2. The van der Waals surface area contributed by atoms with Gasteiger partial charge in [-0.05, 0) is 18.2 Å². The van der Waals surface area contributed by atoms with E-state index >= 15 is 0 Å². The lowest BCUT2D eigenvalue weighted by Gasteiger charge is -2.19. The van der Waals surface area contributed by atoms with Crippen LogP contribution in [0.15, 0.2) is 50.4 Å². The third-order valence-electron chi connectivity index (χ3n) is 3.08. The van der Waals surface area contributed by atoms with Gasteiger partial charge in [-0.1, -0.05) is 28.1 Å². The van der Waals surface area contributed by atoms with Gasteiger partial charge in [0.2, 0.25) is 12.1 Å². The van der Waals surface area contributed by atoms with Crippen molar-refractivity contribution in [3.63, 3.8) is 0 Å². The molecule has 1 atom stereocenters. The zero-order valence-electron chi connectivity index (χ0n) is 11.8. The molecule has 1 aliphatic heterocycles. The molecular formula is C14H10BrN3O5. The minimum Gasteiger partial charge on any atom is -0.443 e. The quantitative estimate of drug-likeness (QED) is 0.602. The maximum absolute atomic E-state index is 11.8. The molecule has 0 fully saturated rings. The number of ether oxygens (including phenoxy) is 1. The third-order valence-corrected chi connectivity index (χ3v) is 3.58. The summed E-state index contributed by atoms with van der Waals surface area (Å²) in [6.45, 7) is 1.35. The molecule has 0 bridgehead atoms. The molecule has 0 saturated carbocycles. The lowest BCUT2D eigenvalue weighted by Crippen LogP contribution is -2.25. The van der Waals surface area contributed by atoms with Gasteiger partial charge in [-0.15, -0.1) is 5.10 Å². The first-order valence-electron chi connectivity index (χ1n) is 6.51. The zero-order chi connectivity index (χ0) is 16.6. The summed E-state index contributed by atoms with van der Waals surface area (Å²) in [7, 11) is 0. The Balaban J connectivity index is 1.93. The van der Waals surface area contributed by atoms with E-state index in [2.05, 4.69) is 21.0 Å². The highest BCUT2D eigenvalue weighted by molar-refractivity contribution is 9.10. The van der Waals surface area contributed by atoms with E-state index in [0.717, 1.165) is 9.48 Å². The number of hydrogen-bond donors (Lipinski definition) is 0. The summed E-state index contributed by atoms with van der Waals surface area (Å²) >= 11 is 3.36. The van der Waals surface area contributed by atoms with Gasteiger partial charge in [0.25, 0.3) is 5.90 Å². The van der Waals surface area contributed by atoms with Crippen molar-refractivity contribution in [2.45, 2.75) is 13.2 Å². The van der Waals surface area contributed by atoms with Crippen molar-refractivity contribution >= 4 is 33.6 Å². The second-order valence-corrected chi connectivity index (χ2v) is 5.60. The molecule has 0 saturated heterocycles. The first-order valence-corrected chi connectivity index (χ1v) is 7.30. The Morgan fingerprint density at radius 3 is 2.78 bits per heavy atom. The number of nitro groups is 1. The van der Waals surface area contributed by atoms with E-state index in [0.29, 0.717) is 5.56 Å². The fraction of sp³-hybridized carbons (Fsp3) is 0.143. The van der Waals surface area contributed by atoms with Crippen LogP contribution in [0.5, 0.6) is 0 Å². The van der Waals surface area contributed by atoms with Gasteiger partial charge in [0.15, 0.2) is 5.76 Å². The SMILES string of the molecule is CC(=O)N1N=C(c2ccc([N+](=O)[O-])o2)O[C@@H]1c1cccc(Br)c1. The minimum atomic E-state index is -0.760. The van der Waals surface area contributed by atoms with E-state index in [4.69, 9.17) is 9.15 Å². The van der Waals surface area contributed by atoms with Gasteiger partial charge in [-0.2, -0.15) is 5.01 Å². The predicted molar refractivity (Wildman–Crippen MR) is 82.4 cm³/mol. The molecule has 3 rings (SSSR count). The van der Waals surface area contributed by atoms with Crippen LogP contribution in [-0.4, -0.2) is 21.7 Å². The highest BCUT2D eigenvalue weighted by Crippen LogP contribution is 2.32. The lowest BCUT2D eigenvalue weighted by molar-refractivity contribution is -0.402. The average molecular weight is 380 g/mol. The minimum absolute atomic E-state index is 0.0123. The highest BCUT2D eigenvalue weighted by atomic mass is 79.9. The summed E-state index contributed by atoms with van der Waals surface area (Å²) in [6.07, 6.45) is -0.760. The van der Waals surface area contributed by atoms with Gasteiger partial charge in [0.05, 0.1) is 6.07 Å². The van der Waals surface area contributed by atoms with Gasteiger partial charge in [0, 0.05) is 17.0 Å². The van der Waals surface area contributed by atoms with Gasteiger partial charge < -0.3 is 9.15 Å². The van der Waals surface area contributed by atoms with Crippen LogP contribution < -0.4 is 0 Å². The van der Waals surface area contributed by atoms with Gasteiger partial charge in [0.1, 0.15) is 4.92 Å². The molecule has 2 heterocycles. The van der Waals surface area contributed by atoms with Crippen molar-refractivity contribution in [1.82, 2.24) is 5.01 Å². The van der Waals surface area contributed by atoms with E-state index in [9.17, 15) is 14.9 Å². The third kappa shape index (κ3) is 2.95. The first-order chi connectivity index (χ1) is 11.0. The van der Waals surface area contributed by atoms with Crippen LogP contribution >= 0.6 is 15.9 Å². The fourth-order valence-corrected chi connectivity index (χ4v) is 2.50. The summed E-state index contributed by atoms with van der Waals surface area (Å²) in [5.74, 6) is -0.656. The second-order valence-electron chi connectivity index (χ2n) is 4.69. The number of halogens is 1. The number of hydrogen-bond acceptors (Lipinski definition) is 6. The van der Waals surface area contributed by atoms with Crippen LogP contribution in [0.3, 0.4) is 0 Å². The Morgan fingerprint density at radius 1 is 1.39 bits per heavy atom. The number of nitrogens with zero attached hydrogens (tertiary/aromatic N) is 3. The van der Waals surface area contributed by atoms with Crippen LogP contribution in [0.25, 0.3) is 0 Å². The van der Waals surface area contributed by atoms with Crippen molar-refractivity contribution in [3.05, 3.63) is 62.3 Å². The van der Waals surface area contributed by atoms with E-state index in [1.54, 1.807) is 18.2 Å². The second kappa shape index (κ2) is 5.84. The van der Waals surface area contributed by atoms with Crippen LogP contribution in [0.4, 0.5) is 5.88 Å². The summed E-state index contributed by atoms with van der Waals surface area (Å²) in [5, 5.41) is 15.9. The number of carbonyl (C=O) groups is 1. The molecule has 8 nitrogen and oxygen atoms in total. The Bertz CT molecular complexity index is 816. The van der Waals surface area contributed by atoms with Crippen LogP contribution in [0, 0.1) is 10.1 Å². The number of amides is 1. The zero-order valence-corrected chi connectivity index (χ0v) is 13.4. The smallest absolute Gasteiger partial charge is 0.433 e. The van der Waals surface area contributed by atoms with Crippen molar-refractivity contribution in [3.8, 4) is 0 Å². The van der Waals surface area contributed by atoms with Gasteiger partial charge in [-0.3, -0.25) is 14.9 Å². The molecule has 118 valence electrons. The van der Waals surface area contributed by atoms with E-state index < -0.39 is 17.0 Å². The van der Waals surface area contributed by atoms with E-state index in [1.165, 1.54) is 19.1 Å². The molecule has 1 aliphatic rings. The Hall–Kier alpha value is -2.68. The maximum Gasteiger partial charge on any atom is 0.433 e. The number of hydrazone groups is 1. The van der Waals surface area contributed by atoms with E-state index in [1.807, 2.05) is 6.07 Å². The van der Waals surface area contributed by atoms with Crippen molar-refractivity contribution in [2.24, 2.45) is 5.10 Å². The molecule has 0 spiro atoms. The van der Waals surface area contributed by atoms with Crippen LogP contribution in [-0.2, 0) is 9.53 Å². The average Bonchev–Trinajstić information content (AvgIpc) is 3.14. The van der Waals surface area contributed by atoms with Crippen molar-refractivity contribution < 1.29 is 18.9 Å². The predicted octanol–water partition coefficient (Wildman–Crippen LogP) is 3.19. The van der Waals surface area contributed by atoms with Crippen molar-refractivity contribution in [2.75, 3.05) is 0 Å². The largest absolute Gasteiger partial charge is 0.443 e. The Morgan fingerprint density at radius 2 is 2.17 bits per heavy atom. The van der Waals surface area contributed by atoms with Gasteiger partial charge in [-0.25, -0.2) is 0 Å². The van der Waals surface area contributed by atoms with Gasteiger partial charge >= 0.3 is 5.88 Å². The molecule has 1 aromatic carbocycles. The maximum atomic E-state index is 11.8. The molecule has 0 radical (unpaired) electrons. The summed E-state index contributed by atoms with van der Waals surface area (Å²) in [4.78, 5) is 21.8.